The van der Waals surface area contributed by atoms with Crippen LogP contribution in [0.3, 0.4) is 0 Å². The number of ether oxygens (including phenoxy) is 1. The molecule has 15 heavy (non-hydrogen) atoms. The van der Waals surface area contributed by atoms with Crippen molar-refractivity contribution < 1.29 is 83.7 Å². The van der Waals surface area contributed by atoms with E-state index >= 15 is 0 Å². The van der Waals surface area contributed by atoms with Gasteiger partial charge in [-0.2, -0.15) is 0 Å². The largest absolute Gasteiger partial charge is 1.00 e. The smallest absolute Gasteiger partial charge is 0.652 e. The molecule has 0 aromatic rings. The van der Waals surface area contributed by atoms with Gasteiger partial charge in [-0.3, -0.25) is 0 Å². The van der Waals surface area contributed by atoms with Crippen LogP contribution in [0.4, 0.5) is 4.79 Å². The van der Waals surface area contributed by atoms with Gasteiger partial charge in [0.25, 0.3) is 3.79 Å². The first kappa shape index (κ1) is 25.5. The van der Waals surface area contributed by atoms with Crippen LogP contribution in [0.15, 0.2) is 0 Å². The summed E-state index contributed by atoms with van der Waals surface area (Å²) in [7, 11) is 0. The normalized spacial score (nSPS) is 8.27. The predicted octanol–water partition coefficient (Wildman–Crippen LogP) is -6.52. The molecule has 0 aliphatic carbocycles. The first-order valence-corrected chi connectivity index (χ1v) is 3.97. The van der Waals surface area contributed by atoms with Crippen molar-refractivity contribution in [3.05, 3.63) is 0 Å². The first-order valence-electron chi connectivity index (χ1n) is 2.83. The molecular formula is C5H5Cl3Na2O5. The molecule has 0 saturated heterocycles. The van der Waals surface area contributed by atoms with E-state index in [4.69, 9.17) is 49.8 Å². The minimum Gasteiger partial charge on any atom is -0.652 e. The fourth-order valence-corrected chi connectivity index (χ4v) is 0.377. The molecule has 0 aliphatic heterocycles. The Morgan fingerprint density at radius 1 is 1.20 bits per heavy atom. The van der Waals surface area contributed by atoms with E-state index in [0.717, 1.165) is 0 Å². The molecule has 0 aromatic carbocycles. The van der Waals surface area contributed by atoms with E-state index < -0.39 is 15.9 Å². The van der Waals surface area contributed by atoms with Crippen LogP contribution < -0.4 is 69.3 Å². The molecule has 0 aromatic heterocycles. The standard InChI is InChI=1S/C4H5Cl3O2.CH2O3.2Na/c1-2-9-3(8)4(5,6)7;2-1(3)4;;/h2H2,1H3;(H2,2,3,4);;/q;;2*+1/p-2. The van der Waals surface area contributed by atoms with E-state index in [1.54, 1.807) is 6.92 Å². The third-order valence-electron chi connectivity index (χ3n) is 0.507. The van der Waals surface area contributed by atoms with Crippen molar-refractivity contribution in [2.45, 2.75) is 10.7 Å². The molecule has 0 aliphatic rings. The number of halogens is 3. The summed E-state index contributed by atoms with van der Waals surface area (Å²) >= 11 is 15.4. The number of hydrogen-bond acceptors (Lipinski definition) is 5. The topological polar surface area (TPSA) is 89.5 Å². The Hall–Kier alpha value is 1.61. The number of carboxylic acid groups (broad SMARTS) is 2. The Morgan fingerprint density at radius 2 is 1.47 bits per heavy atom. The molecule has 10 heteroatoms. The quantitative estimate of drug-likeness (QED) is 0.273. The van der Waals surface area contributed by atoms with E-state index in [0.29, 0.717) is 0 Å². The van der Waals surface area contributed by atoms with Crippen LogP contribution in [-0.2, 0) is 9.53 Å². The van der Waals surface area contributed by atoms with E-state index in [9.17, 15) is 4.79 Å². The van der Waals surface area contributed by atoms with Gasteiger partial charge in [0.1, 0.15) is 0 Å². The van der Waals surface area contributed by atoms with Crippen LogP contribution in [0.25, 0.3) is 0 Å². The van der Waals surface area contributed by atoms with Gasteiger partial charge in [0.05, 0.1) is 6.61 Å². The zero-order valence-corrected chi connectivity index (χ0v) is 14.7. The van der Waals surface area contributed by atoms with Gasteiger partial charge in [-0.15, -0.1) is 0 Å². The SMILES string of the molecule is CCOC(=O)C(Cl)(Cl)Cl.O=C([O-])[O-].[Na+].[Na+]. The summed E-state index contributed by atoms with van der Waals surface area (Å²) in [4.78, 5) is 18.8. The molecule has 5 nitrogen and oxygen atoms in total. The summed E-state index contributed by atoms with van der Waals surface area (Å²) in [6.07, 6.45) is -2.33. The van der Waals surface area contributed by atoms with Gasteiger partial charge in [-0.25, -0.2) is 4.79 Å². The Balaban J connectivity index is -0.0000000883. The zero-order valence-electron chi connectivity index (χ0n) is 8.38. The summed E-state index contributed by atoms with van der Waals surface area (Å²) in [6, 6.07) is 0. The third-order valence-corrected chi connectivity index (χ3v) is 0.970. The second kappa shape index (κ2) is 13.7. The first-order chi connectivity index (χ1) is 5.71. The minimum absolute atomic E-state index is 0. The maximum absolute atomic E-state index is 10.4. The van der Waals surface area contributed by atoms with Crippen molar-refractivity contribution >= 4 is 46.9 Å². The molecule has 0 saturated carbocycles. The fraction of sp³-hybridized carbons (Fsp3) is 0.600. The maximum atomic E-state index is 10.4. The van der Waals surface area contributed by atoms with E-state index in [2.05, 4.69) is 4.74 Å². The molecule has 0 rings (SSSR count). The molecule has 0 spiro atoms. The number of rotatable bonds is 1. The zero-order chi connectivity index (χ0) is 11.1. The van der Waals surface area contributed by atoms with Crippen molar-refractivity contribution in [3.8, 4) is 0 Å². The molecule has 0 atom stereocenters. The fourth-order valence-electron chi connectivity index (χ4n) is 0.213. The van der Waals surface area contributed by atoms with E-state index in [1.165, 1.54) is 0 Å². The molecule has 0 fully saturated rings. The molecular weight excluding hydrogens is 292 g/mol. The van der Waals surface area contributed by atoms with Gasteiger partial charge >= 0.3 is 65.1 Å². The number of hydrogen-bond donors (Lipinski definition) is 0. The van der Waals surface area contributed by atoms with E-state index in [1.807, 2.05) is 0 Å². The summed E-state index contributed by atoms with van der Waals surface area (Å²) in [5, 5.41) is 16.7. The molecule has 0 amide bonds. The summed E-state index contributed by atoms with van der Waals surface area (Å²) in [5.74, 6) is -0.838. The van der Waals surface area contributed by atoms with E-state index in [-0.39, 0.29) is 65.7 Å². The monoisotopic (exact) mass is 296 g/mol. The van der Waals surface area contributed by atoms with Crippen LogP contribution in [0.2, 0.25) is 0 Å². The van der Waals surface area contributed by atoms with Gasteiger partial charge < -0.3 is 19.7 Å². The summed E-state index contributed by atoms with van der Waals surface area (Å²) in [6.45, 7) is 1.85. The van der Waals surface area contributed by atoms with Crippen LogP contribution >= 0.6 is 34.8 Å². The van der Waals surface area contributed by atoms with Crippen LogP contribution in [0.1, 0.15) is 6.92 Å². The molecule has 0 radical (unpaired) electrons. The molecule has 0 bridgehead atoms. The van der Waals surface area contributed by atoms with Gasteiger partial charge in [-0.1, -0.05) is 34.8 Å². The van der Waals surface area contributed by atoms with Gasteiger partial charge in [-0.05, 0) is 13.1 Å². The summed E-state index contributed by atoms with van der Waals surface area (Å²) < 4.78 is 2.44. The van der Waals surface area contributed by atoms with Crippen molar-refractivity contribution in [1.29, 1.82) is 0 Å². The number of esters is 1. The second-order valence-corrected chi connectivity index (χ2v) is 3.75. The van der Waals surface area contributed by atoms with Crippen molar-refractivity contribution in [2.24, 2.45) is 0 Å². The van der Waals surface area contributed by atoms with Crippen LogP contribution in [0.5, 0.6) is 0 Å². The summed E-state index contributed by atoms with van der Waals surface area (Å²) in [5.41, 5.74) is 0. The Labute approximate surface area is 146 Å². The number of carbonyl (C=O) groups excluding carboxylic acids is 2. The predicted molar refractivity (Wildman–Crippen MR) is 42.3 cm³/mol. The molecule has 0 unspecified atom stereocenters. The average molecular weight is 297 g/mol. The Kier molecular flexibility index (Phi) is 23.2. The van der Waals surface area contributed by atoms with Gasteiger partial charge in [0, 0.05) is 0 Å². The van der Waals surface area contributed by atoms with Gasteiger partial charge in [0.2, 0.25) is 0 Å². The molecule has 0 heterocycles. The van der Waals surface area contributed by atoms with Gasteiger partial charge in [0.15, 0.2) is 0 Å². The third kappa shape index (κ3) is 25.7. The number of carbonyl (C=O) groups is 2. The van der Waals surface area contributed by atoms with Crippen molar-refractivity contribution in [2.75, 3.05) is 6.61 Å². The number of alkyl halides is 3. The minimum atomic E-state index is -2.33. The molecule has 0 N–H and O–H groups in total. The van der Waals surface area contributed by atoms with Crippen LogP contribution in [-0.4, -0.2) is 22.5 Å². The Bertz CT molecular complexity index is 180. The second-order valence-electron chi connectivity index (χ2n) is 1.47. The maximum Gasteiger partial charge on any atom is 1.00 e. The average Bonchev–Trinajstić information content (AvgIpc) is 1.84. The molecule has 78 valence electrons. The van der Waals surface area contributed by atoms with Crippen LogP contribution in [0, 0.1) is 0 Å². The van der Waals surface area contributed by atoms with Crippen molar-refractivity contribution in [3.63, 3.8) is 0 Å². The van der Waals surface area contributed by atoms with Crippen molar-refractivity contribution in [1.82, 2.24) is 0 Å². The Morgan fingerprint density at radius 3 is 1.53 bits per heavy atom.